The molecule has 58 valence electrons. The average Bonchev–Trinajstić information content (AvgIpc) is 2.31. The van der Waals surface area contributed by atoms with Gasteiger partial charge in [0.1, 0.15) is 5.76 Å². The molecule has 0 aliphatic heterocycles. The van der Waals surface area contributed by atoms with Crippen LogP contribution in [0.3, 0.4) is 0 Å². The summed E-state index contributed by atoms with van der Waals surface area (Å²) < 4.78 is 5.26. The van der Waals surface area contributed by atoms with Crippen molar-refractivity contribution in [2.45, 2.75) is 20.8 Å². The Balaban J connectivity index is 2.74. The van der Waals surface area contributed by atoms with E-state index in [4.69, 9.17) is 4.42 Å². The van der Waals surface area contributed by atoms with Gasteiger partial charge in [-0.05, 0) is 25.0 Å². The molecule has 0 spiro atoms. The van der Waals surface area contributed by atoms with Crippen molar-refractivity contribution in [3.05, 3.63) is 23.7 Å². The maximum atomic E-state index is 5.26. The average molecular weight is 148 g/mol. The molecule has 0 aliphatic carbocycles. The first-order valence-electron chi connectivity index (χ1n) is 3.76. The fourth-order valence-electron chi connectivity index (χ4n) is 0.717. The third-order valence-electron chi connectivity index (χ3n) is 1.22. The van der Waals surface area contributed by atoms with Crippen molar-refractivity contribution in [1.29, 1.82) is 0 Å². The Morgan fingerprint density at radius 3 is 2.55 bits per heavy atom. The van der Waals surface area contributed by atoms with E-state index in [9.17, 15) is 0 Å². The SMILES string of the molecule is Cc1ccc(C#CC(C)C)o1. The molecule has 0 atom stereocenters. The third kappa shape index (κ3) is 2.51. The van der Waals surface area contributed by atoms with Crippen LogP contribution in [0.5, 0.6) is 0 Å². The number of aryl methyl sites for hydroxylation is 1. The molecule has 0 saturated heterocycles. The maximum absolute atomic E-state index is 5.26. The number of rotatable bonds is 0. The van der Waals surface area contributed by atoms with Crippen LogP contribution in [0.25, 0.3) is 0 Å². The Morgan fingerprint density at radius 2 is 2.09 bits per heavy atom. The molecule has 1 nitrogen and oxygen atoms in total. The molecule has 0 amide bonds. The van der Waals surface area contributed by atoms with Crippen molar-refractivity contribution >= 4 is 0 Å². The first kappa shape index (κ1) is 7.94. The molecule has 11 heavy (non-hydrogen) atoms. The monoisotopic (exact) mass is 148 g/mol. The summed E-state index contributed by atoms with van der Waals surface area (Å²) in [4.78, 5) is 0. The Kier molecular flexibility index (Phi) is 2.38. The molecular weight excluding hydrogens is 136 g/mol. The van der Waals surface area contributed by atoms with Gasteiger partial charge in [0.05, 0.1) is 0 Å². The molecule has 0 unspecified atom stereocenters. The van der Waals surface area contributed by atoms with E-state index in [-0.39, 0.29) is 0 Å². The highest BCUT2D eigenvalue weighted by atomic mass is 16.3. The maximum Gasteiger partial charge on any atom is 0.177 e. The lowest BCUT2D eigenvalue weighted by molar-refractivity contribution is 0.522. The van der Waals surface area contributed by atoms with Crippen LogP contribution in [0.1, 0.15) is 25.4 Å². The fraction of sp³-hybridized carbons (Fsp3) is 0.400. The van der Waals surface area contributed by atoms with Gasteiger partial charge in [0.2, 0.25) is 0 Å². The number of hydrogen-bond donors (Lipinski definition) is 0. The number of furan rings is 1. The minimum atomic E-state index is 0.403. The fourth-order valence-corrected chi connectivity index (χ4v) is 0.717. The molecule has 1 heterocycles. The molecule has 1 aromatic heterocycles. The van der Waals surface area contributed by atoms with Gasteiger partial charge in [-0.25, -0.2) is 0 Å². The van der Waals surface area contributed by atoms with Crippen molar-refractivity contribution in [2.75, 3.05) is 0 Å². The summed E-state index contributed by atoms with van der Waals surface area (Å²) in [5.41, 5.74) is 0. The van der Waals surface area contributed by atoms with E-state index in [1.165, 1.54) is 0 Å². The molecule has 1 rings (SSSR count). The van der Waals surface area contributed by atoms with Crippen LogP contribution in [-0.2, 0) is 0 Å². The summed E-state index contributed by atoms with van der Waals surface area (Å²) in [6.45, 7) is 6.03. The number of hydrogen-bond acceptors (Lipinski definition) is 1. The van der Waals surface area contributed by atoms with Gasteiger partial charge in [-0.15, -0.1) is 0 Å². The van der Waals surface area contributed by atoms with Gasteiger partial charge >= 0.3 is 0 Å². The van der Waals surface area contributed by atoms with Crippen molar-refractivity contribution in [1.82, 2.24) is 0 Å². The first-order valence-corrected chi connectivity index (χ1v) is 3.76. The minimum absolute atomic E-state index is 0.403. The second-order valence-electron chi connectivity index (χ2n) is 2.83. The van der Waals surface area contributed by atoms with Gasteiger partial charge in [-0.3, -0.25) is 0 Å². The van der Waals surface area contributed by atoms with E-state index in [0.717, 1.165) is 11.5 Å². The van der Waals surface area contributed by atoms with Crippen LogP contribution in [-0.4, -0.2) is 0 Å². The zero-order valence-corrected chi connectivity index (χ0v) is 7.14. The highest BCUT2D eigenvalue weighted by Crippen LogP contribution is 2.04. The van der Waals surface area contributed by atoms with Crippen molar-refractivity contribution in [3.8, 4) is 11.8 Å². The zero-order valence-electron chi connectivity index (χ0n) is 7.14. The molecule has 1 heteroatoms. The van der Waals surface area contributed by atoms with Gasteiger partial charge in [0, 0.05) is 5.92 Å². The van der Waals surface area contributed by atoms with Crippen molar-refractivity contribution < 1.29 is 4.42 Å². The molecule has 0 radical (unpaired) electrons. The van der Waals surface area contributed by atoms with Crippen molar-refractivity contribution in [3.63, 3.8) is 0 Å². The molecular formula is C10H12O. The van der Waals surface area contributed by atoms with Gasteiger partial charge in [-0.2, -0.15) is 0 Å². The molecule has 0 aromatic carbocycles. The van der Waals surface area contributed by atoms with Gasteiger partial charge in [0.15, 0.2) is 5.76 Å². The van der Waals surface area contributed by atoms with Crippen LogP contribution >= 0.6 is 0 Å². The summed E-state index contributed by atoms with van der Waals surface area (Å²) in [7, 11) is 0. The van der Waals surface area contributed by atoms with Gasteiger partial charge in [-0.1, -0.05) is 19.8 Å². The quantitative estimate of drug-likeness (QED) is 0.515. The largest absolute Gasteiger partial charge is 0.453 e. The lowest BCUT2D eigenvalue weighted by Crippen LogP contribution is -1.77. The Labute approximate surface area is 67.4 Å². The highest BCUT2D eigenvalue weighted by molar-refractivity contribution is 5.26. The van der Waals surface area contributed by atoms with Crippen LogP contribution in [0.15, 0.2) is 16.5 Å². The molecule has 1 aromatic rings. The standard InChI is InChI=1S/C10H12O/c1-8(2)4-6-10-7-5-9(3)11-10/h5,7-8H,1-3H3. The second-order valence-corrected chi connectivity index (χ2v) is 2.83. The lowest BCUT2D eigenvalue weighted by Gasteiger charge is -1.85. The minimum Gasteiger partial charge on any atom is -0.453 e. The summed E-state index contributed by atoms with van der Waals surface area (Å²) in [6, 6.07) is 3.81. The normalized spacial score (nSPS) is 9.45. The van der Waals surface area contributed by atoms with E-state index in [2.05, 4.69) is 25.7 Å². The van der Waals surface area contributed by atoms with E-state index in [1.54, 1.807) is 0 Å². The summed E-state index contributed by atoms with van der Waals surface area (Å²) in [5.74, 6) is 8.06. The van der Waals surface area contributed by atoms with Crippen LogP contribution in [0.4, 0.5) is 0 Å². The van der Waals surface area contributed by atoms with Crippen molar-refractivity contribution in [2.24, 2.45) is 5.92 Å². The first-order chi connectivity index (χ1) is 5.18. The lowest BCUT2D eigenvalue weighted by atomic mass is 10.2. The Morgan fingerprint density at radius 1 is 1.36 bits per heavy atom. The zero-order chi connectivity index (χ0) is 8.27. The Bertz CT molecular complexity index is 283. The molecule has 0 bridgehead atoms. The summed E-state index contributed by atoms with van der Waals surface area (Å²) in [5, 5.41) is 0. The summed E-state index contributed by atoms with van der Waals surface area (Å²) >= 11 is 0. The Hall–Kier alpha value is -1.16. The highest BCUT2D eigenvalue weighted by Gasteiger charge is 1.91. The molecule has 0 fully saturated rings. The molecule has 0 aliphatic rings. The smallest absolute Gasteiger partial charge is 0.177 e. The van der Waals surface area contributed by atoms with E-state index in [0.29, 0.717) is 5.92 Å². The summed E-state index contributed by atoms with van der Waals surface area (Å²) in [6.07, 6.45) is 0. The van der Waals surface area contributed by atoms with E-state index >= 15 is 0 Å². The molecule has 0 saturated carbocycles. The van der Waals surface area contributed by atoms with Crippen LogP contribution in [0.2, 0.25) is 0 Å². The van der Waals surface area contributed by atoms with Crippen LogP contribution in [0, 0.1) is 24.7 Å². The van der Waals surface area contributed by atoms with Gasteiger partial charge in [0.25, 0.3) is 0 Å². The second kappa shape index (κ2) is 3.30. The van der Waals surface area contributed by atoms with Crippen LogP contribution < -0.4 is 0 Å². The predicted octanol–water partition coefficient (Wildman–Crippen LogP) is 2.60. The van der Waals surface area contributed by atoms with E-state index in [1.807, 2.05) is 19.1 Å². The predicted molar refractivity (Wildman–Crippen MR) is 45.2 cm³/mol. The molecule has 0 N–H and O–H groups in total. The third-order valence-corrected chi connectivity index (χ3v) is 1.22. The topological polar surface area (TPSA) is 13.1 Å². The van der Waals surface area contributed by atoms with Gasteiger partial charge < -0.3 is 4.42 Å². The van der Waals surface area contributed by atoms with E-state index < -0.39 is 0 Å².